The lowest BCUT2D eigenvalue weighted by Gasteiger charge is -2.31. The van der Waals surface area contributed by atoms with E-state index in [4.69, 9.17) is 9.47 Å². The molecule has 0 N–H and O–H groups in total. The molecule has 18 heavy (non-hydrogen) atoms. The second kappa shape index (κ2) is 4.52. The molecule has 0 aromatic heterocycles. The molecule has 2 rings (SSSR count). The Labute approximate surface area is 107 Å². The molecule has 1 aliphatic rings. The van der Waals surface area contributed by atoms with Gasteiger partial charge in [-0.3, -0.25) is 4.90 Å². The van der Waals surface area contributed by atoms with Crippen LogP contribution in [-0.2, 0) is 4.74 Å². The van der Waals surface area contributed by atoms with Gasteiger partial charge in [0.1, 0.15) is 18.0 Å². The van der Waals surface area contributed by atoms with Gasteiger partial charge in [-0.2, -0.15) is 0 Å². The van der Waals surface area contributed by atoms with Crippen molar-refractivity contribution in [3.63, 3.8) is 0 Å². The molecule has 4 nitrogen and oxygen atoms in total. The van der Waals surface area contributed by atoms with Gasteiger partial charge in [-0.25, -0.2) is 4.79 Å². The lowest BCUT2D eigenvalue weighted by atomic mass is 10.1. The van der Waals surface area contributed by atoms with Crippen LogP contribution >= 0.6 is 0 Å². The molecule has 0 bridgehead atoms. The summed E-state index contributed by atoms with van der Waals surface area (Å²) < 4.78 is 11.0. The summed E-state index contributed by atoms with van der Waals surface area (Å²) in [5, 5.41) is 0. The molecule has 0 radical (unpaired) electrons. The van der Waals surface area contributed by atoms with Crippen LogP contribution in [0.25, 0.3) is 0 Å². The van der Waals surface area contributed by atoms with E-state index in [1.165, 1.54) is 0 Å². The minimum absolute atomic E-state index is 0.323. The summed E-state index contributed by atoms with van der Waals surface area (Å²) in [4.78, 5) is 13.7. The Kier molecular flexibility index (Phi) is 3.20. The molecule has 1 aromatic carbocycles. The number of carbonyl (C=O) groups excluding carboxylic acids is 1. The summed E-state index contributed by atoms with van der Waals surface area (Å²) in [5.41, 5.74) is 1.40. The summed E-state index contributed by atoms with van der Waals surface area (Å²) in [6.45, 7) is 8.60. The minimum atomic E-state index is -0.486. The number of aryl methyl sites for hydroxylation is 1. The SMILES string of the molecule is Cc1ccc2c(c1)OCCN2C(=O)OC(C)(C)C. The van der Waals surface area contributed by atoms with E-state index in [1.54, 1.807) is 4.90 Å². The van der Waals surface area contributed by atoms with Crippen molar-refractivity contribution in [1.82, 2.24) is 0 Å². The first-order chi connectivity index (χ1) is 8.37. The van der Waals surface area contributed by atoms with E-state index in [0.717, 1.165) is 17.0 Å². The molecule has 0 fully saturated rings. The third-order valence-electron chi connectivity index (χ3n) is 2.59. The highest BCUT2D eigenvalue weighted by Gasteiger charge is 2.27. The van der Waals surface area contributed by atoms with Crippen molar-refractivity contribution in [2.75, 3.05) is 18.1 Å². The first-order valence-electron chi connectivity index (χ1n) is 6.11. The molecule has 4 heteroatoms. The molecule has 1 aromatic rings. The Hall–Kier alpha value is -1.71. The standard InChI is InChI=1S/C14H19NO3/c1-10-5-6-11-12(9-10)17-8-7-15(11)13(16)18-14(2,3)4/h5-6,9H,7-8H2,1-4H3. The van der Waals surface area contributed by atoms with Gasteiger partial charge in [0.15, 0.2) is 0 Å². The highest BCUT2D eigenvalue weighted by molar-refractivity contribution is 5.90. The zero-order valence-corrected chi connectivity index (χ0v) is 11.3. The molecule has 0 atom stereocenters. The van der Waals surface area contributed by atoms with Gasteiger partial charge >= 0.3 is 6.09 Å². The number of amides is 1. The third kappa shape index (κ3) is 2.75. The molecule has 1 heterocycles. The zero-order chi connectivity index (χ0) is 13.3. The van der Waals surface area contributed by atoms with Crippen LogP contribution in [0, 0.1) is 6.92 Å². The van der Waals surface area contributed by atoms with E-state index in [9.17, 15) is 4.79 Å². The minimum Gasteiger partial charge on any atom is -0.490 e. The highest BCUT2D eigenvalue weighted by atomic mass is 16.6. The lowest BCUT2D eigenvalue weighted by Crippen LogP contribution is -2.41. The van der Waals surface area contributed by atoms with Gasteiger partial charge in [0.2, 0.25) is 0 Å². The Bertz CT molecular complexity index is 463. The van der Waals surface area contributed by atoms with Gasteiger partial charge in [-0.1, -0.05) is 6.07 Å². The average Bonchev–Trinajstić information content (AvgIpc) is 2.25. The first kappa shape index (κ1) is 12.7. The fourth-order valence-electron chi connectivity index (χ4n) is 1.83. The summed E-state index contributed by atoms with van der Waals surface area (Å²) in [7, 11) is 0. The number of rotatable bonds is 0. The molecule has 1 aliphatic heterocycles. The van der Waals surface area contributed by atoms with Crippen LogP contribution in [0.3, 0.4) is 0 Å². The molecular weight excluding hydrogens is 230 g/mol. The Balaban J connectivity index is 2.25. The second-order valence-electron chi connectivity index (χ2n) is 5.45. The number of ether oxygens (including phenoxy) is 2. The summed E-state index contributed by atoms with van der Waals surface area (Å²) in [6.07, 6.45) is -0.323. The van der Waals surface area contributed by atoms with Crippen molar-refractivity contribution in [2.45, 2.75) is 33.3 Å². The van der Waals surface area contributed by atoms with Crippen LogP contribution in [0.1, 0.15) is 26.3 Å². The topological polar surface area (TPSA) is 38.8 Å². The van der Waals surface area contributed by atoms with Gasteiger partial charge in [0.25, 0.3) is 0 Å². The number of hydrogen-bond acceptors (Lipinski definition) is 3. The Morgan fingerprint density at radius 2 is 2.11 bits per heavy atom. The van der Waals surface area contributed by atoms with E-state index >= 15 is 0 Å². The van der Waals surface area contributed by atoms with E-state index in [1.807, 2.05) is 45.9 Å². The van der Waals surface area contributed by atoms with Crippen LogP contribution < -0.4 is 9.64 Å². The fraction of sp³-hybridized carbons (Fsp3) is 0.500. The first-order valence-corrected chi connectivity index (χ1v) is 6.11. The number of nitrogens with zero attached hydrogens (tertiary/aromatic N) is 1. The second-order valence-corrected chi connectivity index (χ2v) is 5.45. The molecule has 0 unspecified atom stereocenters. The quantitative estimate of drug-likeness (QED) is 0.709. The van der Waals surface area contributed by atoms with Crippen LogP contribution in [0.15, 0.2) is 18.2 Å². The van der Waals surface area contributed by atoms with Gasteiger partial charge < -0.3 is 9.47 Å². The van der Waals surface area contributed by atoms with E-state index in [2.05, 4.69) is 0 Å². The zero-order valence-electron chi connectivity index (χ0n) is 11.3. The molecular formula is C14H19NO3. The Morgan fingerprint density at radius 1 is 1.39 bits per heavy atom. The number of benzene rings is 1. The van der Waals surface area contributed by atoms with Crippen molar-refractivity contribution >= 4 is 11.8 Å². The number of hydrogen-bond donors (Lipinski definition) is 0. The van der Waals surface area contributed by atoms with E-state index in [0.29, 0.717) is 13.2 Å². The van der Waals surface area contributed by atoms with Crippen molar-refractivity contribution in [3.8, 4) is 5.75 Å². The van der Waals surface area contributed by atoms with Crippen molar-refractivity contribution in [1.29, 1.82) is 0 Å². The Morgan fingerprint density at radius 3 is 2.78 bits per heavy atom. The van der Waals surface area contributed by atoms with Crippen LogP contribution in [0.5, 0.6) is 5.75 Å². The number of anilines is 1. The van der Waals surface area contributed by atoms with Gasteiger partial charge in [0, 0.05) is 0 Å². The summed E-state index contributed by atoms with van der Waals surface area (Å²) in [6, 6.07) is 5.80. The van der Waals surface area contributed by atoms with Gasteiger partial charge in [-0.15, -0.1) is 0 Å². The van der Waals surface area contributed by atoms with Crippen molar-refractivity contribution in [3.05, 3.63) is 23.8 Å². The van der Waals surface area contributed by atoms with E-state index < -0.39 is 5.60 Å². The van der Waals surface area contributed by atoms with Crippen LogP contribution in [0.4, 0.5) is 10.5 Å². The molecule has 0 saturated heterocycles. The summed E-state index contributed by atoms with van der Waals surface area (Å²) >= 11 is 0. The molecule has 0 saturated carbocycles. The van der Waals surface area contributed by atoms with Gasteiger partial charge in [0.05, 0.1) is 12.2 Å². The van der Waals surface area contributed by atoms with Crippen LogP contribution in [0.2, 0.25) is 0 Å². The van der Waals surface area contributed by atoms with Crippen molar-refractivity contribution in [2.24, 2.45) is 0 Å². The fourth-order valence-corrected chi connectivity index (χ4v) is 1.83. The summed E-state index contributed by atoms with van der Waals surface area (Å²) in [5.74, 6) is 0.743. The largest absolute Gasteiger partial charge is 0.490 e. The number of carbonyl (C=O) groups is 1. The average molecular weight is 249 g/mol. The predicted molar refractivity (Wildman–Crippen MR) is 70.3 cm³/mol. The maximum atomic E-state index is 12.1. The normalized spacial score (nSPS) is 14.8. The van der Waals surface area contributed by atoms with Crippen LogP contribution in [-0.4, -0.2) is 24.8 Å². The maximum absolute atomic E-state index is 12.1. The smallest absolute Gasteiger partial charge is 0.415 e. The molecule has 98 valence electrons. The third-order valence-corrected chi connectivity index (χ3v) is 2.59. The van der Waals surface area contributed by atoms with Gasteiger partial charge in [-0.05, 0) is 45.4 Å². The monoisotopic (exact) mass is 249 g/mol. The number of fused-ring (bicyclic) bond motifs is 1. The molecule has 1 amide bonds. The molecule has 0 aliphatic carbocycles. The highest BCUT2D eigenvalue weighted by Crippen LogP contribution is 2.33. The van der Waals surface area contributed by atoms with E-state index in [-0.39, 0.29) is 6.09 Å². The molecule has 0 spiro atoms. The van der Waals surface area contributed by atoms with Crippen molar-refractivity contribution < 1.29 is 14.3 Å². The lowest BCUT2D eigenvalue weighted by molar-refractivity contribution is 0.0568. The maximum Gasteiger partial charge on any atom is 0.415 e. The predicted octanol–water partition coefficient (Wildman–Crippen LogP) is 3.13.